The highest BCUT2D eigenvalue weighted by Crippen LogP contribution is 2.26. The second-order valence-corrected chi connectivity index (χ2v) is 7.30. The Morgan fingerprint density at radius 3 is 2.89 bits per heavy atom. The molecule has 1 aliphatic rings. The molecule has 0 spiro atoms. The first-order chi connectivity index (χ1) is 8.97. The van der Waals surface area contributed by atoms with Gasteiger partial charge >= 0.3 is 0 Å². The fourth-order valence-electron chi connectivity index (χ4n) is 1.95. The van der Waals surface area contributed by atoms with E-state index in [1.165, 1.54) is 12.1 Å². The molecule has 1 aromatic rings. The summed E-state index contributed by atoms with van der Waals surface area (Å²) in [5.41, 5.74) is 5.80. The van der Waals surface area contributed by atoms with Gasteiger partial charge in [0.05, 0.1) is 12.1 Å². The molecule has 2 rings (SSSR count). The fraction of sp³-hybridized carbons (Fsp3) is 0.545. The van der Waals surface area contributed by atoms with Crippen LogP contribution in [0.3, 0.4) is 0 Å². The van der Waals surface area contributed by atoms with Crippen LogP contribution < -0.4 is 10.5 Å². The summed E-state index contributed by atoms with van der Waals surface area (Å²) in [5.74, 6) is 0. The van der Waals surface area contributed by atoms with E-state index in [2.05, 4.69) is 4.72 Å². The first kappa shape index (κ1) is 14.4. The SMILES string of the molecule is CCOC1CC(N)C1NS(=O)(=O)c1ccc(C#N)s1. The number of sulfonamides is 1. The largest absolute Gasteiger partial charge is 0.377 e. The van der Waals surface area contributed by atoms with Crippen molar-refractivity contribution in [3.05, 3.63) is 17.0 Å². The molecule has 19 heavy (non-hydrogen) atoms. The number of hydrogen-bond acceptors (Lipinski definition) is 6. The van der Waals surface area contributed by atoms with Crippen molar-refractivity contribution in [1.29, 1.82) is 5.26 Å². The van der Waals surface area contributed by atoms with Crippen LogP contribution in [0.15, 0.2) is 16.3 Å². The van der Waals surface area contributed by atoms with Crippen LogP contribution in [0.5, 0.6) is 0 Å². The molecule has 1 aliphatic carbocycles. The Labute approximate surface area is 116 Å². The van der Waals surface area contributed by atoms with E-state index in [4.69, 9.17) is 15.7 Å². The van der Waals surface area contributed by atoms with Crippen molar-refractivity contribution in [1.82, 2.24) is 4.72 Å². The molecule has 0 bridgehead atoms. The van der Waals surface area contributed by atoms with Gasteiger partial charge in [-0.3, -0.25) is 0 Å². The van der Waals surface area contributed by atoms with Crippen molar-refractivity contribution in [2.75, 3.05) is 6.61 Å². The Bertz CT molecular complexity index is 589. The summed E-state index contributed by atoms with van der Waals surface area (Å²) in [7, 11) is -3.64. The van der Waals surface area contributed by atoms with E-state index < -0.39 is 16.1 Å². The third-order valence-electron chi connectivity index (χ3n) is 2.99. The second kappa shape index (κ2) is 5.56. The molecular formula is C11H15N3O3S2. The highest BCUT2D eigenvalue weighted by atomic mass is 32.2. The van der Waals surface area contributed by atoms with Crippen LogP contribution in [0.2, 0.25) is 0 Å². The minimum Gasteiger partial charge on any atom is -0.377 e. The van der Waals surface area contributed by atoms with E-state index >= 15 is 0 Å². The van der Waals surface area contributed by atoms with Gasteiger partial charge in [0.1, 0.15) is 15.2 Å². The third-order valence-corrected chi connectivity index (χ3v) is 5.94. The van der Waals surface area contributed by atoms with Crippen LogP contribution in [0.25, 0.3) is 0 Å². The number of rotatable bonds is 5. The number of thiophene rings is 1. The van der Waals surface area contributed by atoms with Crippen LogP contribution in [0.1, 0.15) is 18.2 Å². The van der Waals surface area contributed by atoms with Crippen LogP contribution >= 0.6 is 11.3 Å². The van der Waals surface area contributed by atoms with Gasteiger partial charge in [-0.15, -0.1) is 11.3 Å². The summed E-state index contributed by atoms with van der Waals surface area (Å²) in [6.07, 6.45) is 0.472. The minimum absolute atomic E-state index is 0.124. The smallest absolute Gasteiger partial charge is 0.250 e. The zero-order valence-electron chi connectivity index (χ0n) is 10.4. The zero-order valence-corrected chi connectivity index (χ0v) is 12.0. The number of hydrogen-bond donors (Lipinski definition) is 2. The molecular weight excluding hydrogens is 286 g/mol. The predicted molar refractivity (Wildman–Crippen MR) is 71.1 cm³/mol. The van der Waals surface area contributed by atoms with Gasteiger partial charge in [0.15, 0.2) is 0 Å². The average Bonchev–Trinajstić information content (AvgIpc) is 2.86. The molecule has 3 N–H and O–H groups in total. The van der Waals surface area contributed by atoms with Gasteiger partial charge in [0.2, 0.25) is 10.0 Å². The Morgan fingerprint density at radius 1 is 1.63 bits per heavy atom. The summed E-state index contributed by atoms with van der Waals surface area (Å²) in [5, 5.41) is 8.72. The summed E-state index contributed by atoms with van der Waals surface area (Å²) in [6.45, 7) is 2.38. The molecule has 3 atom stereocenters. The number of nitrogens with zero attached hydrogens (tertiary/aromatic N) is 1. The zero-order chi connectivity index (χ0) is 14.0. The van der Waals surface area contributed by atoms with E-state index in [0.29, 0.717) is 17.9 Å². The van der Waals surface area contributed by atoms with E-state index in [1.54, 1.807) is 0 Å². The van der Waals surface area contributed by atoms with Gasteiger partial charge in [-0.25, -0.2) is 13.1 Å². The second-order valence-electron chi connectivity index (χ2n) is 4.27. The van der Waals surface area contributed by atoms with Crippen LogP contribution in [-0.4, -0.2) is 33.2 Å². The lowest BCUT2D eigenvalue weighted by molar-refractivity contribution is -0.0248. The lowest BCUT2D eigenvalue weighted by Gasteiger charge is -2.41. The number of ether oxygens (including phenoxy) is 1. The van der Waals surface area contributed by atoms with E-state index in [-0.39, 0.29) is 16.4 Å². The van der Waals surface area contributed by atoms with Crippen molar-refractivity contribution in [2.24, 2.45) is 5.73 Å². The maximum absolute atomic E-state index is 12.1. The van der Waals surface area contributed by atoms with Crippen LogP contribution in [-0.2, 0) is 14.8 Å². The van der Waals surface area contributed by atoms with Gasteiger partial charge in [-0.2, -0.15) is 5.26 Å². The van der Waals surface area contributed by atoms with Crippen molar-refractivity contribution in [3.63, 3.8) is 0 Å². The molecule has 0 saturated heterocycles. The molecule has 0 aliphatic heterocycles. The van der Waals surface area contributed by atoms with Gasteiger partial charge < -0.3 is 10.5 Å². The maximum atomic E-state index is 12.1. The van der Waals surface area contributed by atoms with Gasteiger partial charge in [0, 0.05) is 12.6 Å². The minimum atomic E-state index is -3.64. The number of nitriles is 1. The monoisotopic (exact) mass is 301 g/mol. The maximum Gasteiger partial charge on any atom is 0.250 e. The Hall–Kier alpha value is -0.980. The first-order valence-corrected chi connectivity index (χ1v) is 8.17. The predicted octanol–water partition coefficient (Wildman–Crippen LogP) is 0.403. The quantitative estimate of drug-likeness (QED) is 0.819. The van der Waals surface area contributed by atoms with Crippen molar-refractivity contribution < 1.29 is 13.2 Å². The topological polar surface area (TPSA) is 105 Å². The molecule has 1 heterocycles. The van der Waals surface area contributed by atoms with Gasteiger partial charge in [-0.05, 0) is 25.5 Å². The van der Waals surface area contributed by atoms with Crippen LogP contribution in [0.4, 0.5) is 0 Å². The standard InChI is InChI=1S/C11H15N3O3S2/c1-2-17-9-5-8(13)11(9)14-19(15,16)10-4-3-7(6-12)18-10/h3-4,8-9,11,14H,2,5,13H2,1H3. The fourth-order valence-corrected chi connectivity index (χ4v) is 4.39. The highest BCUT2D eigenvalue weighted by Gasteiger charge is 2.42. The lowest BCUT2D eigenvalue weighted by Crippen LogP contribution is -2.64. The normalized spacial score (nSPS) is 26.7. The Morgan fingerprint density at radius 2 is 2.37 bits per heavy atom. The third kappa shape index (κ3) is 2.96. The van der Waals surface area contributed by atoms with Crippen LogP contribution in [0, 0.1) is 11.3 Å². The van der Waals surface area contributed by atoms with E-state index in [9.17, 15) is 8.42 Å². The van der Waals surface area contributed by atoms with Crippen molar-refractivity contribution in [3.8, 4) is 6.07 Å². The van der Waals surface area contributed by atoms with Gasteiger partial charge in [0.25, 0.3) is 0 Å². The summed E-state index contributed by atoms with van der Waals surface area (Å²) >= 11 is 0.939. The molecule has 1 aromatic heterocycles. The molecule has 6 nitrogen and oxygen atoms in total. The Balaban J connectivity index is 2.11. The van der Waals surface area contributed by atoms with Crippen molar-refractivity contribution >= 4 is 21.4 Å². The first-order valence-electron chi connectivity index (χ1n) is 5.87. The molecule has 1 saturated carbocycles. The van der Waals surface area contributed by atoms with Gasteiger partial charge in [-0.1, -0.05) is 0 Å². The van der Waals surface area contributed by atoms with E-state index in [1.807, 2.05) is 13.0 Å². The molecule has 0 radical (unpaired) electrons. The molecule has 3 unspecified atom stereocenters. The molecule has 0 amide bonds. The molecule has 8 heteroatoms. The number of nitrogens with two attached hydrogens (primary N) is 1. The molecule has 104 valence electrons. The molecule has 0 aromatic carbocycles. The van der Waals surface area contributed by atoms with E-state index in [0.717, 1.165) is 11.3 Å². The highest BCUT2D eigenvalue weighted by molar-refractivity contribution is 7.91. The Kier molecular flexibility index (Phi) is 4.23. The summed E-state index contributed by atoms with van der Waals surface area (Å²) in [4.78, 5) is 0.361. The number of nitrogens with one attached hydrogen (secondary N) is 1. The van der Waals surface area contributed by atoms with Crippen molar-refractivity contribution in [2.45, 2.75) is 35.7 Å². The lowest BCUT2D eigenvalue weighted by atomic mass is 9.84. The molecule has 1 fully saturated rings. The summed E-state index contributed by atoms with van der Waals surface area (Å²) < 4.78 is 32.4. The summed E-state index contributed by atoms with van der Waals surface area (Å²) in [6, 6.07) is 4.18. The average molecular weight is 301 g/mol.